The third-order valence-corrected chi connectivity index (χ3v) is 5.95. The van der Waals surface area contributed by atoms with Crippen molar-refractivity contribution in [1.82, 2.24) is 14.5 Å². The second-order valence-corrected chi connectivity index (χ2v) is 7.60. The second kappa shape index (κ2) is 6.19. The summed E-state index contributed by atoms with van der Waals surface area (Å²) in [6.07, 6.45) is 5.40. The minimum Gasteiger partial charge on any atom is -0.371 e. The number of carbonyl (C=O) groups excluding carboxylic acids is 1. The molecule has 1 fully saturated rings. The molecule has 5 nitrogen and oxygen atoms in total. The Balaban J connectivity index is 1.40. The number of hydrogen-bond acceptors (Lipinski definition) is 3. The zero-order chi connectivity index (χ0) is 19.3. The summed E-state index contributed by atoms with van der Waals surface area (Å²) in [6.45, 7) is 2.93. The van der Waals surface area contributed by atoms with Crippen LogP contribution < -0.4 is 5.32 Å². The maximum absolute atomic E-state index is 13.9. The molecular formula is C22H21FN4O. The van der Waals surface area contributed by atoms with Crippen LogP contribution in [0.25, 0.3) is 5.82 Å². The Bertz CT molecular complexity index is 1070. The van der Waals surface area contributed by atoms with Gasteiger partial charge in [-0.15, -0.1) is 0 Å². The van der Waals surface area contributed by atoms with Crippen molar-refractivity contribution in [2.75, 3.05) is 18.4 Å². The van der Waals surface area contributed by atoms with Crippen molar-refractivity contribution in [2.45, 2.75) is 25.3 Å². The number of fused-ring (bicyclic) bond motifs is 4. The summed E-state index contributed by atoms with van der Waals surface area (Å²) in [5.41, 5.74) is 2.91. The van der Waals surface area contributed by atoms with Crippen LogP contribution in [0.3, 0.4) is 0 Å². The Morgan fingerprint density at radius 1 is 1.18 bits per heavy atom. The van der Waals surface area contributed by atoms with Crippen LogP contribution in [0.15, 0.2) is 54.9 Å². The lowest BCUT2D eigenvalue weighted by Crippen LogP contribution is -2.51. The zero-order valence-electron chi connectivity index (χ0n) is 15.7. The molecule has 1 saturated heterocycles. The summed E-state index contributed by atoms with van der Waals surface area (Å²) in [5.74, 6) is 0.457. The standard InChI is InChI=1S/C22H21FN4O/c1-15-6-7-16(14-17(15)23)21(28)26-12-8-22(9-13-26)19-5-3-11-27(19)20-18(25-22)4-2-10-24-20/h2-7,10-11,14,25H,8-9,12-13H2,1H3. The fraction of sp³-hybridized carbons (Fsp3) is 0.273. The minimum absolute atomic E-state index is 0.109. The van der Waals surface area contributed by atoms with Crippen molar-refractivity contribution in [3.63, 3.8) is 0 Å². The van der Waals surface area contributed by atoms with Crippen LogP contribution in [0.2, 0.25) is 0 Å². The molecule has 1 amide bonds. The molecule has 6 heteroatoms. The van der Waals surface area contributed by atoms with Gasteiger partial charge in [-0.05, 0) is 61.7 Å². The lowest BCUT2D eigenvalue weighted by atomic mass is 9.82. The van der Waals surface area contributed by atoms with Crippen molar-refractivity contribution in [1.29, 1.82) is 0 Å². The predicted molar refractivity (Wildman–Crippen MR) is 105 cm³/mol. The molecule has 3 aromatic rings. The van der Waals surface area contributed by atoms with E-state index >= 15 is 0 Å². The number of carbonyl (C=O) groups is 1. The van der Waals surface area contributed by atoms with E-state index in [0.717, 1.165) is 24.3 Å². The highest BCUT2D eigenvalue weighted by Gasteiger charge is 2.42. The van der Waals surface area contributed by atoms with Crippen LogP contribution in [0.5, 0.6) is 0 Å². The second-order valence-electron chi connectivity index (χ2n) is 7.60. The first-order chi connectivity index (χ1) is 13.6. The van der Waals surface area contributed by atoms with Crippen LogP contribution in [0.1, 0.15) is 34.5 Å². The summed E-state index contributed by atoms with van der Waals surface area (Å²) in [6, 6.07) is 12.8. The summed E-state index contributed by atoms with van der Waals surface area (Å²) in [4.78, 5) is 19.2. The van der Waals surface area contributed by atoms with Gasteiger partial charge >= 0.3 is 0 Å². The number of aromatic nitrogens is 2. The number of piperidine rings is 1. The Labute approximate surface area is 162 Å². The predicted octanol–water partition coefficient (Wildman–Crippen LogP) is 3.88. The topological polar surface area (TPSA) is 50.2 Å². The number of pyridine rings is 1. The average molecular weight is 376 g/mol. The van der Waals surface area contributed by atoms with Crippen molar-refractivity contribution in [3.05, 3.63) is 77.5 Å². The first-order valence-electron chi connectivity index (χ1n) is 9.54. The van der Waals surface area contributed by atoms with Gasteiger partial charge in [0, 0.05) is 36.7 Å². The number of benzene rings is 1. The summed E-state index contributed by atoms with van der Waals surface area (Å²) < 4.78 is 16.0. The molecule has 0 aliphatic carbocycles. The molecule has 2 aliphatic heterocycles. The fourth-order valence-corrected chi connectivity index (χ4v) is 4.35. The molecule has 28 heavy (non-hydrogen) atoms. The van der Waals surface area contributed by atoms with E-state index in [9.17, 15) is 9.18 Å². The van der Waals surface area contributed by atoms with Gasteiger partial charge in [-0.1, -0.05) is 6.07 Å². The molecule has 5 rings (SSSR count). The van der Waals surface area contributed by atoms with Gasteiger partial charge in [-0.3, -0.25) is 4.79 Å². The fourth-order valence-electron chi connectivity index (χ4n) is 4.35. The number of amides is 1. The molecule has 0 bridgehead atoms. The highest BCUT2D eigenvalue weighted by atomic mass is 19.1. The van der Waals surface area contributed by atoms with Crippen LogP contribution in [0.4, 0.5) is 10.1 Å². The third kappa shape index (κ3) is 2.52. The van der Waals surface area contributed by atoms with Gasteiger partial charge < -0.3 is 14.8 Å². The molecule has 0 saturated carbocycles. The molecule has 1 aromatic carbocycles. The first kappa shape index (κ1) is 17.0. The lowest BCUT2D eigenvalue weighted by molar-refractivity contribution is 0.0676. The maximum Gasteiger partial charge on any atom is 0.253 e. The molecule has 0 atom stereocenters. The summed E-state index contributed by atoms with van der Waals surface area (Å²) >= 11 is 0. The van der Waals surface area contributed by atoms with Crippen molar-refractivity contribution in [3.8, 4) is 5.82 Å². The molecule has 2 aromatic heterocycles. The Kier molecular flexibility index (Phi) is 3.75. The van der Waals surface area contributed by atoms with Crippen molar-refractivity contribution in [2.24, 2.45) is 0 Å². The average Bonchev–Trinajstić information content (AvgIpc) is 3.22. The number of rotatable bonds is 1. The summed E-state index contributed by atoms with van der Waals surface area (Å²) in [5, 5.41) is 3.69. The van der Waals surface area contributed by atoms with Gasteiger partial charge in [-0.25, -0.2) is 9.37 Å². The minimum atomic E-state index is -0.338. The molecular weight excluding hydrogens is 355 g/mol. The van der Waals surface area contributed by atoms with E-state index in [1.807, 2.05) is 29.3 Å². The van der Waals surface area contributed by atoms with E-state index in [1.54, 1.807) is 25.3 Å². The zero-order valence-corrected chi connectivity index (χ0v) is 15.7. The van der Waals surface area contributed by atoms with Gasteiger partial charge in [0.15, 0.2) is 5.82 Å². The van der Waals surface area contributed by atoms with E-state index in [1.165, 1.54) is 11.8 Å². The number of nitrogens with zero attached hydrogens (tertiary/aromatic N) is 3. The summed E-state index contributed by atoms with van der Waals surface area (Å²) in [7, 11) is 0. The van der Waals surface area contributed by atoms with Gasteiger partial charge in [0.2, 0.25) is 0 Å². The van der Waals surface area contributed by atoms with Gasteiger partial charge in [0.1, 0.15) is 5.82 Å². The van der Waals surface area contributed by atoms with Crippen molar-refractivity contribution >= 4 is 11.6 Å². The van der Waals surface area contributed by atoms with Crippen LogP contribution in [0, 0.1) is 12.7 Å². The highest BCUT2D eigenvalue weighted by Crippen LogP contribution is 2.42. The van der Waals surface area contributed by atoms with Crippen LogP contribution in [-0.4, -0.2) is 33.4 Å². The first-order valence-corrected chi connectivity index (χ1v) is 9.54. The lowest BCUT2D eigenvalue weighted by Gasteiger charge is -2.45. The largest absolute Gasteiger partial charge is 0.371 e. The van der Waals surface area contributed by atoms with Crippen molar-refractivity contribution < 1.29 is 9.18 Å². The molecule has 4 heterocycles. The monoisotopic (exact) mass is 376 g/mol. The number of hydrogen-bond donors (Lipinski definition) is 1. The SMILES string of the molecule is Cc1ccc(C(=O)N2CCC3(CC2)Nc2cccnc2-n2cccc23)cc1F. The van der Waals surface area contributed by atoms with Crippen LogP contribution >= 0.6 is 0 Å². The quantitative estimate of drug-likeness (QED) is 0.701. The number of halogens is 1. The maximum atomic E-state index is 13.9. The smallest absolute Gasteiger partial charge is 0.253 e. The molecule has 1 spiro atoms. The molecule has 142 valence electrons. The molecule has 0 unspecified atom stereocenters. The van der Waals surface area contributed by atoms with E-state index in [0.29, 0.717) is 24.2 Å². The third-order valence-electron chi connectivity index (χ3n) is 5.95. The highest BCUT2D eigenvalue weighted by molar-refractivity contribution is 5.94. The molecule has 2 aliphatic rings. The molecule has 1 N–H and O–H groups in total. The van der Waals surface area contributed by atoms with E-state index in [-0.39, 0.29) is 17.3 Å². The Hall–Kier alpha value is -3.15. The number of nitrogens with one attached hydrogen (secondary N) is 1. The Morgan fingerprint density at radius 2 is 2.00 bits per heavy atom. The van der Waals surface area contributed by atoms with Gasteiger partial charge in [0.25, 0.3) is 5.91 Å². The number of aryl methyl sites for hydroxylation is 1. The van der Waals surface area contributed by atoms with Gasteiger partial charge in [0.05, 0.1) is 11.2 Å². The number of anilines is 1. The van der Waals surface area contributed by atoms with E-state index in [4.69, 9.17) is 0 Å². The van der Waals surface area contributed by atoms with E-state index < -0.39 is 0 Å². The molecule has 0 radical (unpaired) electrons. The van der Waals surface area contributed by atoms with Crippen LogP contribution in [-0.2, 0) is 5.54 Å². The number of likely N-dealkylation sites (tertiary alicyclic amines) is 1. The normalized spacial score (nSPS) is 17.0. The van der Waals surface area contributed by atoms with Gasteiger partial charge in [-0.2, -0.15) is 0 Å². The van der Waals surface area contributed by atoms with E-state index in [2.05, 4.69) is 20.9 Å². The Morgan fingerprint density at radius 3 is 2.79 bits per heavy atom.